The van der Waals surface area contributed by atoms with Crippen LogP contribution >= 0.6 is 0 Å². The van der Waals surface area contributed by atoms with E-state index in [1.165, 1.54) is 0 Å². The summed E-state index contributed by atoms with van der Waals surface area (Å²) >= 11 is 0. The number of carbonyl (C=O) groups is 3. The zero-order chi connectivity index (χ0) is 41.8. The molecule has 0 saturated carbocycles. The van der Waals surface area contributed by atoms with Gasteiger partial charge in [0, 0.05) is 26.7 Å². The number of aromatic nitrogens is 6. The van der Waals surface area contributed by atoms with Crippen molar-refractivity contribution in [3.8, 4) is 0 Å². The van der Waals surface area contributed by atoms with E-state index in [4.69, 9.17) is 9.47 Å². The SMILES string of the molecule is C.C.C.C.CC(C)OC(=O)NC(c1cncn1C)C(C)(C)C.CCOC(=O)NC(c1cncn1C)C(C)(C)C.Cn1cncc1C(NC(=O)NC(C)(C)C)C(C)(C)C. The van der Waals surface area contributed by atoms with Gasteiger partial charge >= 0.3 is 18.2 Å². The second-order valence-corrected chi connectivity index (χ2v) is 18.0. The first kappa shape index (κ1) is 60.1. The van der Waals surface area contributed by atoms with Gasteiger partial charge in [-0.25, -0.2) is 29.3 Å². The van der Waals surface area contributed by atoms with Crippen molar-refractivity contribution in [1.29, 1.82) is 0 Å². The Hall–Kier alpha value is -4.56. The van der Waals surface area contributed by atoms with Crippen LogP contribution in [0.5, 0.6) is 0 Å². The van der Waals surface area contributed by atoms with Crippen LogP contribution in [-0.4, -0.2) is 65.1 Å². The van der Waals surface area contributed by atoms with E-state index in [1.54, 1.807) is 44.5 Å². The summed E-state index contributed by atoms with van der Waals surface area (Å²) in [6.07, 6.45) is 9.61. The largest absolute Gasteiger partial charge is 0.450 e. The van der Waals surface area contributed by atoms with Crippen LogP contribution in [0.25, 0.3) is 0 Å². The molecule has 4 amide bonds. The molecule has 15 heteroatoms. The van der Waals surface area contributed by atoms with Gasteiger partial charge in [-0.1, -0.05) is 92.0 Å². The molecule has 0 radical (unpaired) electrons. The van der Waals surface area contributed by atoms with Crippen LogP contribution < -0.4 is 21.3 Å². The third-order valence-electron chi connectivity index (χ3n) is 7.95. The number of nitrogens with zero attached hydrogens (tertiary/aromatic N) is 6. The Morgan fingerprint density at radius 2 is 0.897 bits per heavy atom. The van der Waals surface area contributed by atoms with Crippen molar-refractivity contribution in [3.63, 3.8) is 0 Å². The molecular formula is C43H86N10O5. The van der Waals surface area contributed by atoms with Crippen molar-refractivity contribution in [3.05, 3.63) is 54.7 Å². The van der Waals surface area contributed by atoms with E-state index in [0.717, 1.165) is 17.1 Å². The molecule has 0 bridgehead atoms. The fourth-order valence-corrected chi connectivity index (χ4v) is 5.30. The Labute approximate surface area is 353 Å². The van der Waals surface area contributed by atoms with Crippen LogP contribution in [0.1, 0.15) is 169 Å². The molecule has 0 aliphatic carbocycles. The predicted molar refractivity (Wildman–Crippen MR) is 239 cm³/mol. The lowest BCUT2D eigenvalue weighted by molar-refractivity contribution is 0.103. The van der Waals surface area contributed by atoms with Gasteiger partial charge in [-0.15, -0.1) is 0 Å². The number of carbonyl (C=O) groups excluding carboxylic acids is 3. The Morgan fingerprint density at radius 1 is 0.586 bits per heavy atom. The topological polar surface area (TPSA) is 171 Å². The average molecular weight is 823 g/mol. The molecule has 3 heterocycles. The van der Waals surface area contributed by atoms with Gasteiger partial charge in [0.25, 0.3) is 0 Å². The van der Waals surface area contributed by atoms with Gasteiger partial charge in [0.1, 0.15) is 0 Å². The number of hydrogen-bond donors (Lipinski definition) is 4. The highest BCUT2D eigenvalue weighted by molar-refractivity contribution is 5.75. The number of nitrogens with one attached hydrogen (secondary N) is 4. The first-order chi connectivity index (χ1) is 24.6. The number of imidazole rings is 3. The van der Waals surface area contributed by atoms with E-state index in [-0.39, 0.29) is 81.8 Å². The smallest absolute Gasteiger partial charge is 0.407 e. The van der Waals surface area contributed by atoms with Crippen LogP contribution in [0.2, 0.25) is 0 Å². The lowest BCUT2D eigenvalue weighted by Crippen LogP contribution is -2.49. The number of aryl methyl sites for hydroxylation is 3. The van der Waals surface area contributed by atoms with Crippen molar-refractivity contribution >= 4 is 18.2 Å². The predicted octanol–water partition coefficient (Wildman–Crippen LogP) is 10.0. The van der Waals surface area contributed by atoms with E-state index in [9.17, 15) is 14.4 Å². The fourth-order valence-electron chi connectivity index (χ4n) is 5.30. The first-order valence-electron chi connectivity index (χ1n) is 18.5. The number of amides is 4. The van der Waals surface area contributed by atoms with Crippen LogP contribution in [0.4, 0.5) is 14.4 Å². The third-order valence-corrected chi connectivity index (χ3v) is 7.95. The van der Waals surface area contributed by atoms with E-state index in [0.29, 0.717) is 6.61 Å². The molecule has 3 unspecified atom stereocenters. The number of ether oxygens (including phenoxy) is 2. The minimum absolute atomic E-state index is 0. The summed E-state index contributed by atoms with van der Waals surface area (Å²) in [5, 5.41) is 11.8. The molecule has 3 aromatic heterocycles. The van der Waals surface area contributed by atoms with Crippen molar-refractivity contribution in [2.75, 3.05) is 6.61 Å². The Balaban J connectivity index is -0.000000365. The van der Waals surface area contributed by atoms with E-state index in [2.05, 4.69) is 98.5 Å². The number of urea groups is 1. The zero-order valence-electron chi connectivity index (χ0n) is 36.2. The van der Waals surface area contributed by atoms with Crippen LogP contribution in [0.3, 0.4) is 0 Å². The van der Waals surface area contributed by atoms with Gasteiger partial charge in [-0.2, -0.15) is 0 Å². The van der Waals surface area contributed by atoms with Gasteiger partial charge in [0.05, 0.1) is 85.5 Å². The number of hydrogen-bond acceptors (Lipinski definition) is 8. The summed E-state index contributed by atoms with van der Waals surface area (Å²) in [5.41, 5.74) is 2.34. The minimum atomic E-state index is -0.397. The minimum Gasteiger partial charge on any atom is -0.450 e. The Morgan fingerprint density at radius 3 is 1.14 bits per heavy atom. The number of alkyl carbamates (subject to hydrolysis) is 2. The Bertz CT molecular complexity index is 1600. The summed E-state index contributed by atoms with van der Waals surface area (Å²) in [4.78, 5) is 47.7. The second kappa shape index (κ2) is 25.0. The summed E-state index contributed by atoms with van der Waals surface area (Å²) in [5.74, 6) is 0. The second-order valence-electron chi connectivity index (χ2n) is 18.0. The van der Waals surface area contributed by atoms with Crippen LogP contribution in [0.15, 0.2) is 37.6 Å². The standard InChI is InChI=1S/C14H26N4O.C13H23N3O2.C12H21N3O2.4CH4/c1-13(2,3)11(10-8-15-9-18(10)7)16-12(19)17-14(4,5)6;1-9(2)18-12(17)15-11(13(3,4)5)10-7-14-8-16(10)6;1-6-17-11(16)14-10(12(2,3)4)9-7-13-8-15(9)5;;;;/h8-9,11H,1-7H3,(H2,16,17,19);7-9,11H,1-6H3,(H,15,17);7-8,10H,6H2,1-5H3,(H,14,16);4*1H4. The lowest BCUT2D eigenvalue weighted by Gasteiger charge is -2.33. The molecule has 15 nitrogen and oxygen atoms in total. The van der Waals surface area contributed by atoms with Crippen LogP contribution in [-0.2, 0) is 30.6 Å². The van der Waals surface area contributed by atoms with E-state index < -0.39 is 12.2 Å². The number of rotatable bonds is 8. The summed E-state index contributed by atoms with van der Waals surface area (Å²) in [7, 11) is 5.76. The Kier molecular flexibility index (Phi) is 26.0. The molecule has 4 N–H and O–H groups in total. The highest BCUT2D eigenvalue weighted by atomic mass is 16.6. The average Bonchev–Trinajstić information content (AvgIpc) is 3.72. The maximum atomic E-state index is 12.1. The van der Waals surface area contributed by atoms with Crippen LogP contribution in [0, 0.1) is 16.2 Å². The first-order valence-corrected chi connectivity index (χ1v) is 18.5. The normalized spacial score (nSPS) is 12.7. The maximum Gasteiger partial charge on any atom is 0.407 e. The molecule has 338 valence electrons. The van der Waals surface area contributed by atoms with Crippen molar-refractivity contribution in [2.24, 2.45) is 37.4 Å². The summed E-state index contributed by atoms with van der Waals surface area (Å²) in [6, 6.07) is -0.527. The molecule has 3 atom stereocenters. The van der Waals surface area contributed by atoms with Gasteiger partial charge in [-0.3, -0.25) is 0 Å². The zero-order valence-corrected chi connectivity index (χ0v) is 36.2. The molecule has 3 rings (SSSR count). The molecular weight excluding hydrogens is 737 g/mol. The fraction of sp³-hybridized carbons (Fsp3) is 0.721. The van der Waals surface area contributed by atoms with E-state index in [1.807, 2.05) is 69.5 Å². The van der Waals surface area contributed by atoms with Crippen molar-refractivity contribution in [2.45, 2.75) is 163 Å². The van der Waals surface area contributed by atoms with Crippen molar-refractivity contribution < 1.29 is 23.9 Å². The molecule has 0 aliphatic rings. The van der Waals surface area contributed by atoms with E-state index >= 15 is 0 Å². The molecule has 0 aliphatic heterocycles. The molecule has 0 aromatic carbocycles. The van der Waals surface area contributed by atoms with Gasteiger partial charge in [0.2, 0.25) is 0 Å². The summed E-state index contributed by atoms with van der Waals surface area (Å²) in [6.45, 7) is 30.4. The highest BCUT2D eigenvalue weighted by Crippen LogP contribution is 2.34. The quantitative estimate of drug-likeness (QED) is 0.174. The summed E-state index contributed by atoms with van der Waals surface area (Å²) < 4.78 is 15.8. The maximum absolute atomic E-state index is 12.1. The molecule has 0 saturated heterocycles. The molecule has 3 aromatic rings. The van der Waals surface area contributed by atoms with Gasteiger partial charge < -0.3 is 44.4 Å². The molecule has 58 heavy (non-hydrogen) atoms. The molecule has 0 fully saturated rings. The molecule has 0 spiro atoms. The van der Waals surface area contributed by atoms with Gasteiger partial charge in [0.15, 0.2) is 0 Å². The third kappa shape index (κ3) is 20.7. The lowest BCUT2D eigenvalue weighted by atomic mass is 9.85. The van der Waals surface area contributed by atoms with Gasteiger partial charge in [-0.05, 0) is 57.8 Å². The monoisotopic (exact) mass is 823 g/mol. The highest BCUT2D eigenvalue weighted by Gasteiger charge is 2.33. The van der Waals surface area contributed by atoms with Crippen molar-refractivity contribution in [1.82, 2.24) is 49.9 Å².